The Morgan fingerprint density at radius 3 is 2.48 bits per heavy atom. The molecule has 3 rings (SSSR count). The predicted octanol–water partition coefficient (Wildman–Crippen LogP) is 3.84. The molecule has 4 nitrogen and oxygen atoms in total. The number of H-pyrrole nitrogens is 1. The Hall–Kier alpha value is -1.81. The highest BCUT2D eigenvalue weighted by molar-refractivity contribution is 5.27. The zero-order chi connectivity index (χ0) is 16.2. The third-order valence-corrected chi connectivity index (χ3v) is 4.41. The van der Waals surface area contributed by atoms with Gasteiger partial charge in [0.2, 0.25) is 0 Å². The lowest BCUT2D eigenvalue weighted by atomic mass is 10.2. The number of aryl methyl sites for hydroxylation is 2. The van der Waals surface area contributed by atoms with E-state index in [1.807, 2.05) is 6.92 Å². The van der Waals surface area contributed by atoms with Gasteiger partial charge in [-0.05, 0) is 44.4 Å². The third-order valence-electron chi connectivity index (χ3n) is 4.41. The molecule has 0 atom stereocenters. The second-order valence-corrected chi connectivity index (χ2v) is 6.32. The summed E-state index contributed by atoms with van der Waals surface area (Å²) in [5, 5.41) is 0. The molecule has 0 bridgehead atoms. The molecule has 1 aromatic carbocycles. The van der Waals surface area contributed by atoms with Gasteiger partial charge in [-0.1, -0.05) is 19.1 Å². The lowest BCUT2D eigenvalue weighted by molar-refractivity contribution is 0.242. The summed E-state index contributed by atoms with van der Waals surface area (Å²) in [5.41, 5.74) is 3.74. The van der Waals surface area contributed by atoms with Gasteiger partial charge in [-0.2, -0.15) is 0 Å². The third kappa shape index (κ3) is 4.14. The van der Waals surface area contributed by atoms with Crippen LogP contribution in [0.15, 0.2) is 24.3 Å². The number of aromatic nitrogens is 2. The quantitative estimate of drug-likeness (QED) is 0.805. The maximum Gasteiger partial charge on any atom is 0.119 e. The molecule has 1 aliphatic carbocycles. The summed E-state index contributed by atoms with van der Waals surface area (Å²) in [6, 6.07) is 9.20. The normalized spacial score (nSPS) is 14.4. The van der Waals surface area contributed by atoms with Crippen molar-refractivity contribution < 1.29 is 4.74 Å². The monoisotopic (exact) mass is 313 g/mol. The highest BCUT2D eigenvalue weighted by Crippen LogP contribution is 2.30. The second-order valence-electron chi connectivity index (χ2n) is 6.32. The fourth-order valence-electron chi connectivity index (χ4n) is 2.92. The van der Waals surface area contributed by atoms with Crippen molar-refractivity contribution >= 4 is 0 Å². The molecule has 2 aromatic rings. The first-order chi connectivity index (χ1) is 11.2. The predicted molar refractivity (Wildman–Crippen MR) is 92.6 cm³/mol. The SMILES string of the molecule is CCOc1ccc(CN(Cc2nc(CC)[nH]c2C)C2CC2)cc1. The van der Waals surface area contributed by atoms with Crippen LogP contribution < -0.4 is 4.74 Å². The summed E-state index contributed by atoms with van der Waals surface area (Å²) >= 11 is 0. The summed E-state index contributed by atoms with van der Waals surface area (Å²) in [4.78, 5) is 10.7. The minimum Gasteiger partial charge on any atom is -0.494 e. The number of imidazole rings is 1. The van der Waals surface area contributed by atoms with Crippen molar-refractivity contribution in [2.75, 3.05) is 6.61 Å². The van der Waals surface area contributed by atoms with Crippen molar-refractivity contribution in [1.29, 1.82) is 0 Å². The van der Waals surface area contributed by atoms with Crippen molar-refractivity contribution in [3.8, 4) is 5.75 Å². The molecule has 0 spiro atoms. The van der Waals surface area contributed by atoms with Crippen LogP contribution in [0.4, 0.5) is 0 Å². The van der Waals surface area contributed by atoms with Gasteiger partial charge in [0, 0.05) is 31.2 Å². The van der Waals surface area contributed by atoms with E-state index in [9.17, 15) is 0 Å². The number of hydrogen-bond acceptors (Lipinski definition) is 3. The van der Waals surface area contributed by atoms with Gasteiger partial charge >= 0.3 is 0 Å². The molecular weight excluding hydrogens is 286 g/mol. The summed E-state index contributed by atoms with van der Waals surface area (Å²) in [5.74, 6) is 2.04. The Labute approximate surface area is 138 Å². The van der Waals surface area contributed by atoms with E-state index >= 15 is 0 Å². The molecule has 1 saturated carbocycles. The number of rotatable bonds is 8. The smallest absolute Gasteiger partial charge is 0.119 e. The molecule has 1 aliphatic rings. The molecule has 4 heteroatoms. The largest absolute Gasteiger partial charge is 0.494 e. The van der Waals surface area contributed by atoms with Crippen LogP contribution in [0.3, 0.4) is 0 Å². The molecule has 124 valence electrons. The van der Waals surface area contributed by atoms with Gasteiger partial charge in [0.05, 0.1) is 12.3 Å². The molecule has 0 amide bonds. The van der Waals surface area contributed by atoms with Crippen molar-refractivity contribution in [1.82, 2.24) is 14.9 Å². The van der Waals surface area contributed by atoms with Gasteiger partial charge in [0.15, 0.2) is 0 Å². The molecule has 0 radical (unpaired) electrons. The maximum atomic E-state index is 5.52. The van der Waals surface area contributed by atoms with Crippen molar-refractivity contribution in [2.45, 2.75) is 59.2 Å². The molecule has 1 aromatic heterocycles. The van der Waals surface area contributed by atoms with Crippen LogP contribution in [0.5, 0.6) is 5.75 Å². The van der Waals surface area contributed by atoms with Crippen LogP contribution in [-0.2, 0) is 19.5 Å². The number of benzene rings is 1. The molecule has 1 heterocycles. The minimum absolute atomic E-state index is 0.711. The standard InChI is InChI=1S/C19H27N3O/c1-4-19-20-14(3)18(21-19)13-22(16-8-9-16)12-15-6-10-17(11-7-15)23-5-2/h6-7,10-11,16H,4-5,8-9,12-13H2,1-3H3,(H,20,21). The Balaban J connectivity index is 1.68. The number of ether oxygens (including phenoxy) is 1. The fourth-order valence-corrected chi connectivity index (χ4v) is 2.92. The topological polar surface area (TPSA) is 41.1 Å². The van der Waals surface area contributed by atoms with Gasteiger partial charge in [0.25, 0.3) is 0 Å². The van der Waals surface area contributed by atoms with Gasteiger partial charge in [-0.3, -0.25) is 4.90 Å². The molecule has 1 fully saturated rings. The van der Waals surface area contributed by atoms with E-state index in [-0.39, 0.29) is 0 Å². The van der Waals surface area contributed by atoms with E-state index in [1.54, 1.807) is 0 Å². The summed E-state index contributed by atoms with van der Waals surface area (Å²) in [6.45, 7) is 8.90. The first kappa shape index (κ1) is 16.1. The molecule has 23 heavy (non-hydrogen) atoms. The molecule has 0 unspecified atom stereocenters. The van der Waals surface area contributed by atoms with Crippen LogP contribution in [0, 0.1) is 6.92 Å². The Kier molecular flexibility index (Phi) is 5.01. The Morgan fingerprint density at radius 1 is 1.17 bits per heavy atom. The Morgan fingerprint density at radius 2 is 1.91 bits per heavy atom. The van der Waals surface area contributed by atoms with E-state index in [0.717, 1.165) is 31.1 Å². The van der Waals surface area contributed by atoms with Crippen molar-refractivity contribution in [3.05, 3.63) is 47.0 Å². The molecular formula is C19H27N3O. The van der Waals surface area contributed by atoms with Gasteiger partial charge in [0.1, 0.15) is 11.6 Å². The number of hydrogen-bond donors (Lipinski definition) is 1. The average Bonchev–Trinajstić information content (AvgIpc) is 3.34. The van der Waals surface area contributed by atoms with Crippen LogP contribution in [0.2, 0.25) is 0 Å². The first-order valence-corrected chi connectivity index (χ1v) is 8.69. The highest BCUT2D eigenvalue weighted by atomic mass is 16.5. The number of nitrogens with one attached hydrogen (secondary N) is 1. The van der Waals surface area contributed by atoms with Crippen LogP contribution in [-0.4, -0.2) is 27.5 Å². The maximum absolute atomic E-state index is 5.52. The summed E-state index contributed by atoms with van der Waals surface area (Å²) < 4.78 is 5.52. The average molecular weight is 313 g/mol. The van der Waals surface area contributed by atoms with Crippen LogP contribution in [0.1, 0.15) is 49.5 Å². The Bertz CT molecular complexity index is 629. The van der Waals surface area contributed by atoms with Crippen LogP contribution >= 0.6 is 0 Å². The van der Waals surface area contributed by atoms with E-state index in [0.29, 0.717) is 12.6 Å². The van der Waals surface area contributed by atoms with E-state index in [1.165, 1.54) is 29.8 Å². The van der Waals surface area contributed by atoms with E-state index < -0.39 is 0 Å². The van der Waals surface area contributed by atoms with E-state index in [2.05, 4.69) is 48.0 Å². The first-order valence-electron chi connectivity index (χ1n) is 8.69. The minimum atomic E-state index is 0.711. The lowest BCUT2D eigenvalue weighted by Crippen LogP contribution is -2.25. The lowest BCUT2D eigenvalue weighted by Gasteiger charge is -2.21. The molecule has 0 saturated heterocycles. The van der Waals surface area contributed by atoms with Crippen LogP contribution in [0.25, 0.3) is 0 Å². The molecule has 0 aliphatic heterocycles. The van der Waals surface area contributed by atoms with Crippen molar-refractivity contribution in [3.63, 3.8) is 0 Å². The second kappa shape index (κ2) is 7.18. The van der Waals surface area contributed by atoms with E-state index in [4.69, 9.17) is 9.72 Å². The zero-order valence-electron chi connectivity index (χ0n) is 14.4. The number of nitrogens with zero attached hydrogens (tertiary/aromatic N) is 2. The van der Waals surface area contributed by atoms with Gasteiger partial charge in [-0.25, -0.2) is 4.98 Å². The zero-order valence-corrected chi connectivity index (χ0v) is 14.4. The van der Waals surface area contributed by atoms with Gasteiger partial charge in [-0.15, -0.1) is 0 Å². The summed E-state index contributed by atoms with van der Waals surface area (Å²) in [6.07, 6.45) is 3.57. The highest BCUT2D eigenvalue weighted by Gasteiger charge is 2.29. The fraction of sp³-hybridized carbons (Fsp3) is 0.526. The van der Waals surface area contributed by atoms with Crippen molar-refractivity contribution in [2.24, 2.45) is 0 Å². The number of aromatic amines is 1. The summed E-state index contributed by atoms with van der Waals surface area (Å²) in [7, 11) is 0. The molecule has 1 N–H and O–H groups in total. The van der Waals surface area contributed by atoms with Gasteiger partial charge < -0.3 is 9.72 Å².